The molecule has 2 amide bonds. The van der Waals surface area contributed by atoms with Crippen LogP contribution in [0, 0.1) is 12.8 Å². The van der Waals surface area contributed by atoms with Crippen molar-refractivity contribution in [3.05, 3.63) is 29.3 Å². The molecule has 21 heavy (non-hydrogen) atoms. The number of amides is 2. The minimum absolute atomic E-state index is 0.0790. The Labute approximate surface area is 126 Å². The number of nitrogens with zero attached hydrogens (tertiary/aromatic N) is 1. The predicted molar refractivity (Wildman–Crippen MR) is 83.8 cm³/mol. The van der Waals surface area contributed by atoms with Gasteiger partial charge >= 0.3 is 12.0 Å². The van der Waals surface area contributed by atoms with Crippen LogP contribution in [0.3, 0.4) is 0 Å². The third kappa shape index (κ3) is 4.77. The summed E-state index contributed by atoms with van der Waals surface area (Å²) in [4.78, 5) is 25.2. The van der Waals surface area contributed by atoms with Crippen molar-refractivity contribution in [3.63, 3.8) is 0 Å². The molecule has 0 bridgehead atoms. The maximum absolute atomic E-state index is 12.4. The van der Waals surface area contributed by atoms with E-state index in [0.717, 1.165) is 5.56 Å². The fourth-order valence-electron chi connectivity index (χ4n) is 2.00. The van der Waals surface area contributed by atoms with Crippen molar-refractivity contribution in [2.45, 2.75) is 40.7 Å². The molecule has 1 aromatic carbocycles. The number of anilines is 1. The minimum atomic E-state index is -1.01. The van der Waals surface area contributed by atoms with Gasteiger partial charge in [-0.2, -0.15) is 0 Å². The van der Waals surface area contributed by atoms with Gasteiger partial charge in [0.2, 0.25) is 0 Å². The molecule has 0 saturated carbocycles. The molecule has 0 unspecified atom stereocenters. The van der Waals surface area contributed by atoms with Gasteiger partial charge in [-0.3, -0.25) is 0 Å². The van der Waals surface area contributed by atoms with Crippen LogP contribution in [-0.4, -0.2) is 34.6 Å². The molecule has 5 nitrogen and oxygen atoms in total. The van der Waals surface area contributed by atoms with Crippen molar-refractivity contribution >= 4 is 17.7 Å². The molecule has 0 aromatic heterocycles. The smallest absolute Gasteiger partial charge is 0.335 e. The summed E-state index contributed by atoms with van der Waals surface area (Å²) < 4.78 is 0. The van der Waals surface area contributed by atoms with Gasteiger partial charge in [0.15, 0.2) is 0 Å². The average Bonchev–Trinajstić information content (AvgIpc) is 2.37. The van der Waals surface area contributed by atoms with Crippen molar-refractivity contribution in [1.29, 1.82) is 0 Å². The van der Waals surface area contributed by atoms with Gasteiger partial charge in [-0.15, -0.1) is 0 Å². The van der Waals surface area contributed by atoms with Crippen molar-refractivity contribution < 1.29 is 14.7 Å². The van der Waals surface area contributed by atoms with E-state index < -0.39 is 5.97 Å². The Morgan fingerprint density at radius 3 is 2.33 bits per heavy atom. The maximum Gasteiger partial charge on any atom is 0.335 e. The molecule has 2 N–H and O–H groups in total. The number of hydrogen-bond acceptors (Lipinski definition) is 2. The highest BCUT2D eigenvalue weighted by Gasteiger charge is 2.19. The molecule has 0 heterocycles. The molecule has 0 aliphatic heterocycles. The molecule has 1 aromatic rings. The summed E-state index contributed by atoms with van der Waals surface area (Å²) in [5.74, 6) is -0.641. The van der Waals surface area contributed by atoms with E-state index in [4.69, 9.17) is 5.11 Å². The molecule has 0 spiro atoms. The summed E-state index contributed by atoms with van der Waals surface area (Å²) in [6, 6.07) is 4.59. The van der Waals surface area contributed by atoms with E-state index in [-0.39, 0.29) is 17.6 Å². The molecule has 1 rings (SSSR count). The van der Waals surface area contributed by atoms with Crippen LogP contribution in [0.5, 0.6) is 0 Å². The van der Waals surface area contributed by atoms with E-state index in [9.17, 15) is 9.59 Å². The van der Waals surface area contributed by atoms with Crippen molar-refractivity contribution in [1.82, 2.24) is 4.90 Å². The third-order valence-corrected chi connectivity index (χ3v) is 3.17. The lowest BCUT2D eigenvalue weighted by atomic mass is 10.1. The number of aryl methyl sites for hydroxylation is 1. The van der Waals surface area contributed by atoms with Crippen LogP contribution >= 0.6 is 0 Å². The van der Waals surface area contributed by atoms with Crippen molar-refractivity contribution in [2.24, 2.45) is 5.92 Å². The lowest BCUT2D eigenvalue weighted by Crippen LogP contribution is -2.42. The number of carbonyl (C=O) groups is 2. The number of carboxylic acids is 1. The van der Waals surface area contributed by atoms with Crippen LogP contribution in [0.1, 0.15) is 43.6 Å². The third-order valence-electron chi connectivity index (χ3n) is 3.17. The first-order chi connectivity index (χ1) is 9.72. The molecular formula is C16H24N2O3. The van der Waals surface area contributed by atoms with Gasteiger partial charge in [0.05, 0.1) is 5.56 Å². The number of urea groups is 1. The Kier molecular flexibility index (Phi) is 5.76. The van der Waals surface area contributed by atoms with Gasteiger partial charge < -0.3 is 15.3 Å². The second-order valence-corrected chi connectivity index (χ2v) is 5.90. The van der Waals surface area contributed by atoms with E-state index in [1.54, 1.807) is 11.0 Å². The summed E-state index contributed by atoms with van der Waals surface area (Å²) in [5.41, 5.74) is 1.53. The van der Waals surface area contributed by atoms with Gasteiger partial charge in [-0.05, 0) is 44.4 Å². The number of aromatic carboxylic acids is 1. The Morgan fingerprint density at radius 1 is 1.24 bits per heavy atom. The van der Waals surface area contributed by atoms with Crippen LogP contribution in [-0.2, 0) is 0 Å². The Hall–Kier alpha value is -2.04. The molecule has 5 heteroatoms. The number of nitrogens with one attached hydrogen (secondary N) is 1. The number of rotatable bonds is 5. The number of hydrogen-bond donors (Lipinski definition) is 2. The molecule has 0 atom stereocenters. The lowest BCUT2D eigenvalue weighted by molar-refractivity contribution is 0.0697. The predicted octanol–water partition coefficient (Wildman–Crippen LogP) is 3.59. The highest BCUT2D eigenvalue weighted by atomic mass is 16.4. The maximum atomic E-state index is 12.4. The zero-order valence-corrected chi connectivity index (χ0v) is 13.3. The molecule has 0 aliphatic carbocycles. The second-order valence-electron chi connectivity index (χ2n) is 5.90. The standard InChI is InChI=1S/C16H24N2O3/c1-10(2)9-18(11(3)4)16(21)17-14-8-13(15(19)20)7-6-12(14)5/h6-8,10-11H,9H2,1-5H3,(H,17,21)(H,19,20). The van der Waals surface area contributed by atoms with Gasteiger partial charge in [-0.1, -0.05) is 19.9 Å². The molecule has 0 saturated heterocycles. The topological polar surface area (TPSA) is 69.6 Å². The summed E-state index contributed by atoms with van der Waals surface area (Å²) in [6.45, 7) is 10.5. The summed E-state index contributed by atoms with van der Waals surface area (Å²) in [6.07, 6.45) is 0. The summed E-state index contributed by atoms with van der Waals surface area (Å²) in [7, 11) is 0. The minimum Gasteiger partial charge on any atom is -0.478 e. The fourth-order valence-corrected chi connectivity index (χ4v) is 2.00. The van der Waals surface area contributed by atoms with Crippen LogP contribution in [0.25, 0.3) is 0 Å². The molecular weight excluding hydrogens is 268 g/mol. The van der Waals surface area contributed by atoms with E-state index >= 15 is 0 Å². The van der Waals surface area contributed by atoms with Crippen molar-refractivity contribution in [2.75, 3.05) is 11.9 Å². The number of carboxylic acid groups (broad SMARTS) is 1. The monoisotopic (exact) mass is 292 g/mol. The quantitative estimate of drug-likeness (QED) is 0.871. The SMILES string of the molecule is Cc1ccc(C(=O)O)cc1NC(=O)N(CC(C)C)C(C)C. The van der Waals surface area contributed by atoms with Gasteiger partial charge in [-0.25, -0.2) is 9.59 Å². The molecule has 0 fully saturated rings. The van der Waals surface area contributed by atoms with Crippen LogP contribution < -0.4 is 5.32 Å². The molecule has 116 valence electrons. The molecule has 0 radical (unpaired) electrons. The number of benzene rings is 1. The van der Waals surface area contributed by atoms with Gasteiger partial charge in [0.25, 0.3) is 0 Å². The zero-order chi connectivity index (χ0) is 16.2. The van der Waals surface area contributed by atoms with Crippen LogP contribution in [0.4, 0.5) is 10.5 Å². The Morgan fingerprint density at radius 2 is 1.86 bits per heavy atom. The van der Waals surface area contributed by atoms with E-state index in [0.29, 0.717) is 18.2 Å². The van der Waals surface area contributed by atoms with Crippen LogP contribution in [0.2, 0.25) is 0 Å². The van der Waals surface area contributed by atoms with E-state index in [2.05, 4.69) is 19.2 Å². The first-order valence-corrected chi connectivity index (χ1v) is 7.14. The highest BCUT2D eigenvalue weighted by Crippen LogP contribution is 2.18. The van der Waals surface area contributed by atoms with Crippen LogP contribution in [0.15, 0.2) is 18.2 Å². The normalized spacial score (nSPS) is 10.8. The van der Waals surface area contributed by atoms with Crippen molar-refractivity contribution in [3.8, 4) is 0 Å². The Bertz CT molecular complexity index is 524. The summed E-state index contributed by atoms with van der Waals surface area (Å²) in [5, 5.41) is 11.8. The number of carbonyl (C=O) groups excluding carboxylic acids is 1. The van der Waals surface area contributed by atoms with E-state index in [1.807, 2.05) is 20.8 Å². The lowest BCUT2D eigenvalue weighted by Gasteiger charge is -2.29. The largest absolute Gasteiger partial charge is 0.478 e. The zero-order valence-electron chi connectivity index (χ0n) is 13.3. The highest BCUT2D eigenvalue weighted by molar-refractivity contribution is 5.94. The second kappa shape index (κ2) is 7.11. The van der Waals surface area contributed by atoms with E-state index in [1.165, 1.54) is 12.1 Å². The van der Waals surface area contributed by atoms with Gasteiger partial charge in [0, 0.05) is 18.3 Å². The fraction of sp³-hybridized carbons (Fsp3) is 0.500. The first kappa shape index (κ1) is 17.0. The average molecular weight is 292 g/mol. The molecule has 0 aliphatic rings. The Balaban J connectivity index is 2.95. The first-order valence-electron chi connectivity index (χ1n) is 7.14. The summed E-state index contributed by atoms with van der Waals surface area (Å²) >= 11 is 0. The van der Waals surface area contributed by atoms with Gasteiger partial charge in [0.1, 0.15) is 0 Å².